The van der Waals surface area contributed by atoms with E-state index in [0.717, 1.165) is 6.42 Å². The first kappa shape index (κ1) is 9.94. The Morgan fingerprint density at radius 1 is 1.07 bits per heavy atom. The zero-order chi connectivity index (χ0) is 9.97. The number of hydrogen-bond donors (Lipinski definition) is 0. The van der Waals surface area contributed by atoms with Gasteiger partial charge in [0.25, 0.3) is 0 Å². The molecular weight excluding hydrogens is 256 g/mol. The minimum atomic E-state index is 1.11. The van der Waals surface area contributed by atoms with Crippen molar-refractivity contribution in [3.05, 3.63) is 45.7 Å². The Bertz CT molecular complexity index is 414. The Kier molecular flexibility index (Phi) is 3.04. The van der Waals surface area contributed by atoms with Crippen LogP contribution in [0.1, 0.15) is 12.5 Å². The van der Waals surface area contributed by atoms with E-state index in [1.165, 1.54) is 19.8 Å². The van der Waals surface area contributed by atoms with Crippen molar-refractivity contribution in [1.29, 1.82) is 0 Å². The average molecular weight is 267 g/mol. The second kappa shape index (κ2) is 4.28. The second-order valence-corrected chi connectivity index (χ2v) is 5.62. The zero-order valence-electron chi connectivity index (χ0n) is 7.96. The number of hydrogen-bond acceptors (Lipinski definition) is 1. The van der Waals surface area contributed by atoms with Crippen molar-refractivity contribution < 1.29 is 0 Å². The first-order chi connectivity index (χ1) is 6.79. The lowest BCUT2D eigenvalue weighted by Crippen LogP contribution is -1.78. The van der Waals surface area contributed by atoms with Crippen LogP contribution in [0, 0.1) is 0 Å². The molecule has 72 valence electrons. The van der Waals surface area contributed by atoms with Crippen molar-refractivity contribution in [2.75, 3.05) is 0 Å². The van der Waals surface area contributed by atoms with E-state index in [-0.39, 0.29) is 0 Å². The predicted octanol–water partition coefficient (Wildman–Crippen LogP) is 4.74. The molecular formula is C12H11BrS. The third-order valence-corrected chi connectivity index (χ3v) is 3.89. The lowest BCUT2D eigenvalue weighted by atomic mass is 10.1. The van der Waals surface area contributed by atoms with Gasteiger partial charge in [-0.15, -0.1) is 11.3 Å². The standard InChI is InChI=1S/C12H11BrS/c1-2-9-3-5-10(6-4-9)11-7-8-12(13)14-11/h3-8H,2H2,1H3. The summed E-state index contributed by atoms with van der Waals surface area (Å²) in [7, 11) is 0. The summed E-state index contributed by atoms with van der Waals surface area (Å²) in [6, 6.07) is 13.0. The van der Waals surface area contributed by atoms with Crippen molar-refractivity contribution >= 4 is 27.3 Å². The van der Waals surface area contributed by atoms with Gasteiger partial charge in [0.1, 0.15) is 0 Å². The van der Waals surface area contributed by atoms with E-state index in [1.807, 2.05) is 0 Å². The van der Waals surface area contributed by atoms with Gasteiger partial charge in [0, 0.05) is 4.88 Å². The van der Waals surface area contributed by atoms with Crippen molar-refractivity contribution in [3.63, 3.8) is 0 Å². The van der Waals surface area contributed by atoms with Crippen LogP contribution < -0.4 is 0 Å². The molecule has 0 saturated carbocycles. The molecule has 0 N–H and O–H groups in total. The van der Waals surface area contributed by atoms with Crippen LogP contribution in [-0.4, -0.2) is 0 Å². The number of halogens is 1. The highest BCUT2D eigenvalue weighted by molar-refractivity contribution is 9.11. The Hall–Kier alpha value is -0.600. The minimum Gasteiger partial charge on any atom is -0.128 e. The molecule has 0 aliphatic heterocycles. The van der Waals surface area contributed by atoms with E-state index in [9.17, 15) is 0 Å². The molecule has 0 atom stereocenters. The molecule has 2 aromatic rings. The number of aryl methyl sites for hydroxylation is 1. The summed E-state index contributed by atoms with van der Waals surface area (Å²) < 4.78 is 1.19. The predicted molar refractivity (Wildman–Crippen MR) is 66.8 cm³/mol. The highest BCUT2D eigenvalue weighted by Crippen LogP contribution is 2.31. The summed E-state index contributed by atoms with van der Waals surface area (Å²) in [6.07, 6.45) is 1.11. The van der Waals surface area contributed by atoms with Gasteiger partial charge in [-0.2, -0.15) is 0 Å². The van der Waals surface area contributed by atoms with E-state index < -0.39 is 0 Å². The molecule has 1 aromatic heterocycles. The Morgan fingerprint density at radius 2 is 1.79 bits per heavy atom. The SMILES string of the molecule is CCc1ccc(-c2ccc(Br)s2)cc1. The molecule has 0 unspecified atom stereocenters. The fourth-order valence-electron chi connectivity index (χ4n) is 1.37. The summed E-state index contributed by atoms with van der Waals surface area (Å²) in [5.74, 6) is 0. The van der Waals surface area contributed by atoms with Gasteiger partial charge < -0.3 is 0 Å². The number of thiophene rings is 1. The van der Waals surface area contributed by atoms with Crippen LogP contribution in [-0.2, 0) is 6.42 Å². The van der Waals surface area contributed by atoms with E-state index in [2.05, 4.69) is 59.3 Å². The van der Waals surface area contributed by atoms with Crippen molar-refractivity contribution in [2.45, 2.75) is 13.3 Å². The normalized spacial score (nSPS) is 10.4. The minimum absolute atomic E-state index is 1.11. The molecule has 2 rings (SSSR count). The maximum Gasteiger partial charge on any atom is 0.0705 e. The molecule has 14 heavy (non-hydrogen) atoms. The second-order valence-electron chi connectivity index (χ2n) is 3.15. The largest absolute Gasteiger partial charge is 0.128 e. The fraction of sp³-hybridized carbons (Fsp3) is 0.167. The van der Waals surface area contributed by atoms with Gasteiger partial charge in [0.15, 0.2) is 0 Å². The van der Waals surface area contributed by atoms with E-state index in [4.69, 9.17) is 0 Å². The number of rotatable bonds is 2. The van der Waals surface area contributed by atoms with Gasteiger partial charge in [0.05, 0.1) is 3.79 Å². The maximum absolute atomic E-state index is 3.48. The highest BCUT2D eigenvalue weighted by Gasteiger charge is 2.00. The summed E-state index contributed by atoms with van der Waals surface area (Å²) in [5, 5.41) is 0. The summed E-state index contributed by atoms with van der Waals surface area (Å²) in [5.41, 5.74) is 2.70. The quantitative estimate of drug-likeness (QED) is 0.737. The molecule has 1 heterocycles. The highest BCUT2D eigenvalue weighted by atomic mass is 79.9. The third-order valence-electron chi connectivity index (χ3n) is 2.22. The van der Waals surface area contributed by atoms with Crippen LogP contribution in [0.15, 0.2) is 40.2 Å². The average Bonchev–Trinajstić information content (AvgIpc) is 2.65. The lowest BCUT2D eigenvalue weighted by Gasteiger charge is -1.99. The zero-order valence-corrected chi connectivity index (χ0v) is 10.4. The van der Waals surface area contributed by atoms with Gasteiger partial charge in [0.2, 0.25) is 0 Å². The van der Waals surface area contributed by atoms with Crippen LogP contribution in [0.2, 0.25) is 0 Å². The molecule has 1 aromatic carbocycles. The van der Waals surface area contributed by atoms with Crippen molar-refractivity contribution in [2.24, 2.45) is 0 Å². The molecule has 0 spiro atoms. The van der Waals surface area contributed by atoms with Crippen LogP contribution in [0.5, 0.6) is 0 Å². The molecule has 2 heteroatoms. The third kappa shape index (κ3) is 2.07. The van der Waals surface area contributed by atoms with Gasteiger partial charge in [-0.1, -0.05) is 31.2 Å². The monoisotopic (exact) mass is 266 g/mol. The van der Waals surface area contributed by atoms with E-state index in [0.29, 0.717) is 0 Å². The van der Waals surface area contributed by atoms with Crippen LogP contribution >= 0.6 is 27.3 Å². The smallest absolute Gasteiger partial charge is 0.0705 e. The lowest BCUT2D eigenvalue weighted by molar-refractivity contribution is 1.14. The summed E-state index contributed by atoms with van der Waals surface area (Å²) in [4.78, 5) is 1.32. The van der Waals surface area contributed by atoms with Crippen LogP contribution in [0.3, 0.4) is 0 Å². The molecule has 0 fully saturated rings. The van der Waals surface area contributed by atoms with Gasteiger partial charge in [-0.05, 0) is 45.6 Å². The van der Waals surface area contributed by atoms with Crippen LogP contribution in [0.25, 0.3) is 10.4 Å². The maximum atomic E-state index is 3.48. The number of benzene rings is 1. The molecule has 0 saturated heterocycles. The Labute approximate surface area is 96.7 Å². The van der Waals surface area contributed by atoms with Crippen molar-refractivity contribution in [1.82, 2.24) is 0 Å². The summed E-state index contributed by atoms with van der Waals surface area (Å²) >= 11 is 5.25. The Balaban J connectivity index is 2.33. The van der Waals surface area contributed by atoms with Crippen LogP contribution in [0.4, 0.5) is 0 Å². The molecule has 0 bridgehead atoms. The summed E-state index contributed by atoms with van der Waals surface area (Å²) in [6.45, 7) is 2.18. The van der Waals surface area contributed by atoms with Gasteiger partial charge in [-0.25, -0.2) is 0 Å². The molecule has 0 nitrogen and oxygen atoms in total. The van der Waals surface area contributed by atoms with Gasteiger partial charge >= 0.3 is 0 Å². The molecule has 0 radical (unpaired) electrons. The Morgan fingerprint density at radius 3 is 2.29 bits per heavy atom. The fourth-order valence-corrected chi connectivity index (χ4v) is 2.77. The van der Waals surface area contributed by atoms with Gasteiger partial charge in [-0.3, -0.25) is 0 Å². The topological polar surface area (TPSA) is 0 Å². The van der Waals surface area contributed by atoms with E-state index in [1.54, 1.807) is 11.3 Å². The molecule has 0 aliphatic carbocycles. The molecule has 0 amide bonds. The first-order valence-corrected chi connectivity index (χ1v) is 6.25. The van der Waals surface area contributed by atoms with E-state index >= 15 is 0 Å². The molecule has 0 aliphatic rings. The van der Waals surface area contributed by atoms with Crippen molar-refractivity contribution in [3.8, 4) is 10.4 Å². The first-order valence-electron chi connectivity index (χ1n) is 4.64.